The van der Waals surface area contributed by atoms with Crippen LogP contribution >= 0.6 is 22.9 Å². The molecular weight excluding hydrogens is 523 g/mol. The second kappa shape index (κ2) is 11.4. The second-order valence-corrected chi connectivity index (χ2v) is 9.41. The minimum absolute atomic E-state index is 0.00453. The van der Waals surface area contributed by atoms with Crippen molar-refractivity contribution in [2.75, 3.05) is 0 Å². The lowest BCUT2D eigenvalue weighted by Gasteiger charge is -2.12. The number of aromatic nitrogens is 1. The number of thiophene rings is 1. The fourth-order valence-corrected chi connectivity index (χ4v) is 4.95. The number of nitrogens with zero attached hydrogens (tertiary/aromatic N) is 2. The van der Waals surface area contributed by atoms with Crippen LogP contribution in [0.4, 0.5) is 13.2 Å². The summed E-state index contributed by atoms with van der Waals surface area (Å²) in [6, 6.07) is 14.4. The summed E-state index contributed by atoms with van der Waals surface area (Å²) in [5.74, 6) is -2.82. The molecule has 4 aromatic rings. The van der Waals surface area contributed by atoms with Gasteiger partial charge in [-0.15, -0.1) is 11.3 Å². The number of nitriles is 1. The number of halogens is 4. The molecule has 0 aliphatic heterocycles. The maximum Gasteiger partial charge on any atom is 0.261 e. The zero-order valence-corrected chi connectivity index (χ0v) is 20.6. The fourth-order valence-electron chi connectivity index (χ4n) is 3.72. The van der Waals surface area contributed by atoms with Crippen LogP contribution in [0.25, 0.3) is 10.4 Å². The number of hydrogen-bond donors (Lipinski definition) is 1. The predicted octanol–water partition coefficient (Wildman–Crippen LogP) is 6.28. The lowest BCUT2D eigenvalue weighted by molar-refractivity contribution is 0.0954. The van der Waals surface area contributed by atoms with Crippen molar-refractivity contribution in [1.82, 2.24) is 10.3 Å². The quantitative estimate of drug-likeness (QED) is 0.211. The van der Waals surface area contributed by atoms with Crippen molar-refractivity contribution in [3.63, 3.8) is 0 Å². The van der Waals surface area contributed by atoms with E-state index < -0.39 is 17.5 Å². The van der Waals surface area contributed by atoms with Crippen molar-refractivity contribution in [3.05, 3.63) is 110 Å². The summed E-state index contributed by atoms with van der Waals surface area (Å²) >= 11 is 7.34. The van der Waals surface area contributed by atoms with Crippen molar-refractivity contribution in [3.8, 4) is 16.5 Å². The van der Waals surface area contributed by atoms with Crippen molar-refractivity contribution in [1.29, 1.82) is 5.26 Å². The molecule has 0 radical (unpaired) electrons. The van der Waals surface area contributed by atoms with Crippen LogP contribution in [-0.2, 0) is 19.4 Å². The van der Waals surface area contributed by atoms with Gasteiger partial charge in [-0.05, 0) is 60.4 Å². The lowest BCUT2D eigenvalue weighted by atomic mass is 9.97. The van der Waals surface area contributed by atoms with Crippen LogP contribution < -0.4 is 5.32 Å². The van der Waals surface area contributed by atoms with Crippen LogP contribution in [0.3, 0.4) is 0 Å². The zero-order chi connectivity index (χ0) is 26.5. The number of pyridine rings is 1. The van der Waals surface area contributed by atoms with Gasteiger partial charge >= 0.3 is 0 Å². The van der Waals surface area contributed by atoms with Gasteiger partial charge in [0.1, 0.15) is 17.0 Å². The average molecular weight is 540 g/mol. The van der Waals surface area contributed by atoms with Gasteiger partial charge in [-0.25, -0.2) is 18.2 Å². The first-order valence-electron chi connectivity index (χ1n) is 10.9. The highest BCUT2D eigenvalue weighted by atomic mass is 35.5. The van der Waals surface area contributed by atoms with Gasteiger partial charge in [0.05, 0.1) is 16.1 Å². The Morgan fingerprint density at radius 2 is 1.76 bits per heavy atom. The summed E-state index contributed by atoms with van der Waals surface area (Å²) in [5, 5.41) is 12.3. The lowest BCUT2D eigenvalue weighted by Crippen LogP contribution is -2.21. The third kappa shape index (κ3) is 5.88. The van der Waals surface area contributed by atoms with Gasteiger partial charge in [0.15, 0.2) is 17.9 Å². The summed E-state index contributed by atoms with van der Waals surface area (Å²) in [4.78, 5) is 29.8. The number of aryl methyl sites for hydroxylation is 2. The van der Waals surface area contributed by atoms with Gasteiger partial charge in [0, 0.05) is 22.5 Å². The highest BCUT2D eigenvalue weighted by molar-refractivity contribution is 7.17. The van der Waals surface area contributed by atoms with E-state index in [1.165, 1.54) is 24.3 Å². The Morgan fingerprint density at radius 1 is 1.03 bits per heavy atom. The third-order valence-electron chi connectivity index (χ3n) is 5.58. The monoisotopic (exact) mass is 539 g/mol. The van der Waals surface area contributed by atoms with Gasteiger partial charge in [0.25, 0.3) is 5.91 Å². The van der Waals surface area contributed by atoms with E-state index in [4.69, 9.17) is 11.6 Å². The van der Waals surface area contributed by atoms with Crippen molar-refractivity contribution >= 4 is 35.1 Å². The number of rotatable bonds is 8. The number of aldehydes is 1. The second-order valence-electron chi connectivity index (χ2n) is 7.96. The number of carbonyl (C=O) groups excluding carboxylic acids is 2. The molecule has 0 aliphatic carbocycles. The Morgan fingerprint density at radius 3 is 2.43 bits per heavy atom. The topological polar surface area (TPSA) is 82.8 Å². The van der Waals surface area contributed by atoms with Crippen LogP contribution in [0.2, 0.25) is 5.15 Å². The van der Waals surface area contributed by atoms with Gasteiger partial charge in [-0.2, -0.15) is 5.26 Å². The van der Waals surface area contributed by atoms with E-state index in [1.54, 1.807) is 18.2 Å². The summed E-state index contributed by atoms with van der Waals surface area (Å²) < 4.78 is 39.7. The first kappa shape index (κ1) is 26.1. The molecule has 2 heterocycles. The van der Waals surface area contributed by atoms with E-state index in [0.717, 1.165) is 29.0 Å². The molecule has 1 amide bonds. The third-order valence-corrected chi connectivity index (χ3v) is 6.95. The number of benzene rings is 2. The molecule has 0 saturated carbocycles. The highest BCUT2D eigenvalue weighted by Gasteiger charge is 2.22. The summed E-state index contributed by atoms with van der Waals surface area (Å²) in [5.41, 5.74) is 2.04. The van der Waals surface area contributed by atoms with Crippen LogP contribution in [0.1, 0.15) is 42.4 Å². The van der Waals surface area contributed by atoms with Crippen molar-refractivity contribution < 1.29 is 22.8 Å². The van der Waals surface area contributed by atoms with Crippen LogP contribution in [0, 0.1) is 28.8 Å². The van der Waals surface area contributed by atoms with Gasteiger partial charge < -0.3 is 5.32 Å². The number of carbonyl (C=O) groups is 2. The molecule has 2 aromatic heterocycles. The molecule has 0 bridgehead atoms. The smallest absolute Gasteiger partial charge is 0.261 e. The maximum absolute atomic E-state index is 13.4. The molecule has 2 aromatic carbocycles. The van der Waals surface area contributed by atoms with Crippen molar-refractivity contribution in [2.45, 2.75) is 19.4 Å². The van der Waals surface area contributed by atoms with Crippen molar-refractivity contribution in [2.24, 2.45) is 0 Å². The molecule has 5 nitrogen and oxygen atoms in total. The van der Waals surface area contributed by atoms with E-state index in [2.05, 4.69) is 10.3 Å². The van der Waals surface area contributed by atoms with E-state index >= 15 is 0 Å². The zero-order valence-electron chi connectivity index (χ0n) is 19.0. The largest absolute Gasteiger partial charge is 0.347 e. The molecule has 0 aliphatic rings. The Labute approximate surface area is 219 Å². The predicted molar refractivity (Wildman–Crippen MR) is 134 cm³/mol. The normalized spacial score (nSPS) is 10.7. The number of amides is 1. The molecule has 4 rings (SSSR count). The molecule has 37 heavy (non-hydrogen) atoms. The van der Waals surface area contributed by atoms with Gasteiger partial charge in [-0.1, -0.05) is 29.8 Å². The van der Waals surface area contributed by atoms with Crippen LogP contribution in [-0.4, -0.2) is 17.2 Å². The molecule has 0 saturated heterocycles. The average Bonchev–Trinajstić information content (AvgIpc) is 3.38. The summed E-state index contributed by atoms with van der Waals surface area (Å²) in [6.07, 6.45) is 1.37. The number of nitrogens with one attached hydrogen (secondary N) is 1. The summed E-state index contributed by atoms with van der Waals surface area (Å²) in [6.45, 7) is -0.0269. The Bertz CT molecular complexity index is 1530. The van der Waals surface area contributed by atoms with Crippen LogP contribution in [0.5, 0.6) is 0 Å². The maximum atomic E-state index is 13.4. The molecule has 0 unspecified atom stereocenters. The minimum atomic E-state index is -1.01. The SMILES string of the molecule is N#Cc1c(Cl)nc(CCc2ccc(F)cc2)c(C=O)c1-c1ccc(C(=O)NCc2ccc(F)c(F)c2)s1. The first-order valence-corrected chi connectivity index (χ1v) is 12.1. The first-order chi connectivity index (χ1) is 17.8. The summed E-state index contributed by atoms with van der Waals surface area (Å²) in [7, 11) is 0. The molecule has 0 spiro atoms. The Kier molecular flexibility index (Phi) is 8.01. The number of hydrogen-bond acceptors (Lipinski definition) is 5. The van der Waals surface area contributed by atoms with Gasteiger partial charge in [-0.3, -0.25) is 9.59 Å². The van der Waals surface area contributed by atoms with Gasteiger partial charge in [0.2, 0.25) is 0 Å². The molecular formula is C27H17ClF3N3O2S. The molecule has 186 valence electrons. The van der Waals surface area contributed by atoms with E-state index in [9.17, 15) is 28.0 Å². The van der Waals surface area contributed by atoms with E-state index in [1.807, 2.05) is 6.07 Å². The molecule has 0 atom stereocenters. The molecule has 0 fully saturated rings. The standard InChI is InChI=1S/C27H17ClF3N3O2S/c28-26-18(12-32)25(19(14-35)22(34-26)8-4-15-1-5-17(29)6-2-15)23-9-10-24(37-23)27(36)33-13-16-3-7-20(30)21(31)11-16/h1-3,5-7,9-11,14H,4,8,13H2,(H,33,36). The molecule has 1 N–H and O–H groups in total. The Balaban J connectivity index is 1.60. The van der Waals surface area contributed by atoms with Crippen LogP contribution in [0.15, 0.2) is 54.6 Å². The highest BCUT2D eigenvalue weighted by Crippen LogP contribution is 2.37. The van der Waals surface area contributed by atoms with E-state index in [-0.39, 0.29) is 39.1 Å². The Hall–Kier alpha value is -4.00. The van der Waals surface area contributed by atoms with E-state index in [0.29, 0.717) is 35.3 Å². The molecule has 10 heteroatoms. The minimum Gasteiger partial charge on any atom is -0.347 e. The fraction of sp³-hybridized carbons (Fsp3) is 0.111.